The minimum atomic E-state index is 0.444. The fraction of sp³-hybridized carbons (Fsp3) is 0.400. The molecule has 0 aliphatic carbocycles. The normalized spacial score (nSPS) is 13.1. The van der Waals surface area contributed by atoms with E-state index >= 15 is 0 Å². The van der Waals surface area contributed by atoms with E-state index in [0.29, 0.717) is 6.04 Å². The molecule has 1 N–H and O–H groups in total. The van der Waals surface area contributed by atoms with Crippen molar-refractivity contribution in [2.45, 2.75) is 25.8 Å². The van der Waals surface area contributed by atoms with E-state index in [4.69, 9.17) is 0 Å². The monoisotopic (exact) mass is 305 g/mol. The lowest BCUT2D eigenvalue weighted by atomic mass is 10.1. The van der Waals surface area contributed by atoms with Gasteiger partial charge >= 0.3 is 0 Å². The zero-order valence-corrected chi connectivity index (χ0v) is 13.4. The summed E-state index contributed by atoms with van der Waals surface area (Å²) in [6.07, 6.45) is 4.04. The number of aryl methyl sites for hydroxylation is 2. The second-order valence-electron chi connectivity index (χ2n) is 4.89. The summed E-state index contributed by atoms with van der Waals surface area (Å²) < 4.78 is 4.79. The van der Waals surface area contributed by atoms with Gasteiger partial charge in [-0.1, -0.05) is 6.92 Å². The van der Waals surface area contributed by atoms with Gasteiger partial charge in [-0.15, -0.1) is 22.7 Å². The van der Waals surface area contributed by atoms with Crippen LogP contribution in [0.1, 0.15) is 30.0 Å². The molecule has 0 fully saturated rings. The molecule has 0 saturated heterocycles. The van der Waals surface area contributed by atoms with Gasteiger partial charge in [-0.2, -0.15) is 5.10 Å². The van der Waals surface area contributed by atoms with Crippen molar-refractivity contribution >= 4 is 32.1 Å². The molecule has 0 aromatic carbocycles. The third kappa shape index (κ3) is 2.80. The summed E-state index contributed by atoms with van der Waals surface area (Å²) in [6, 6.07) is 7.12. The van der Waals surface area contributed by atoms with Crippen LogP contribution in [0, 0.1) is 0 Å². The maximum absolute atomic E-state index is 4.24. The van der Waals surface area contributed by atoms with Gasteiger partial charge in [0.25, 0.3) is 0 Å². The van der Waals surface area contributed by atoms with E-state index in [9.17, 15) is 0 Å². The average molecular weight is 305 g/mol. The van der Waals surface area contributed by atoms with Crippen LogP contribution in [-0.2, 0) is 13.5 Å². The van der Waals surface area contributed by atoms with Gasteiger partial charge in [0.05, 0.1) is 0 Å². The maximum Gasteiger partial charge on any atom is 0.0492 e. The molecule has 20 heavy (non-hydrogen) atoms. The Bertz CT molecular complexity index is 651. The van der Waals surface area contributed by atoms with Crippen molar-refractivity contribution in [3.63, 3.8) is 0 Å². The standard InChI is InChI=1S/C15H19N3S2/c1-3-16-12(5-4-11-6-8-17-18(11)2)14-10-15-13(20-14)7-9-19-15/h6-10,12,16H,3-5H2,1-2H3. The molecule has 3 heterocycles. The summed E-state index contributed by atoms with van der Waals surface area (Å²) in [6.45, 7) is 3.18. The lowest BCUT2D eigenvalue weighted by Crippen LogP contribution is -2.20. The van der Waals surface area contributed by atoms with Gasteiger partial charge in [-0.05, 0) is 43.0 Å². The first-order chi connectivity index (χ1) is 9.78. The Morgan fingerprint density at radius 2 is 2.25 bits per heavy atom. The smallest absolute Gasteiger partial charge is 0.0492 e. The Labute approximate surface area is 127 Å². The molecule has 1 unspecified atom stereocenters. The predicted octanol–water partition coefficient (Wildman–Crippen LogP) is 3.98. The van der Waals surface area contributed by atoms with Crippen molar-refractivity contribution < 1.29 is 0 Å². The molecule has 0 bridgehead atoms. The number of thiophene rings is 2. The number of fused-ring (bicyclic) bond motifs is 1. The molecule has 3 rings (SSSR count). The highest BCUT2D eigenvalue weighted by Gasteiger charge is 2.15. The SMILES string of the molecule is CCNC(CCc1ccnn1C)c1cc2sccc2s1. The predicted molar refractivity (Wildman–Crippen MR) is 87.6 cm³/mol. The van der Waals surface area contributed by atoms with E-state index in [1.807, 2.05) is 40.6 Å². The molecular weight excluding hydrogens is 286 g/mol. The molecule has 3 aromatic rings. The van der Waals surface area contributed by atoms with Crippen LogP contribution >= 0.6 is 22.7 Å². The second-order valence-corrected chi connectivity index (χ2v) is 6.96. The van der Waals surface area contributed by atoms with Gasteiger partial charge < -0.3 is 5.32 Å². The van der Waals surface area contributed by atoms with Crippen molar-refractivity contribution in [3.8, 4) is 0 Å². The first-order valence-corrected chi connectivity index (χ1v) is 8.64. The minimum Gasteiger partial charge on any atom is -0.310 e. The van der Waals surface area contributed by atoms with E-state index in [2.05, 4.69) is 40.9 Å². The summed E-state index contributed by atoms with van der Waals surface area (Å²) in [4.78, 5) is 1.45. The van der Waals surface area contributed by atoms with Crippen molar-refractivity contribution in [1.29, 1.82) is 0 Å². The molecule has 1 atom stereocenters. The largest absolute Gasteiger partial charge is 0.310 e. The zero-order valence-electron chi connectivity index (χ0n) is 11.8. The number of hydrogen-bond donors (Lipinski definition) is 1. The van der Waals surface area contributed by atoms with Crippen LogP contribution < -0.4 is 5.32 Å². The van der Waals surface area contributed by atoms with Crippen molar-refractivity contribution in [2.75, 3.05) is 6.54 Å². The lowest BCUT2D eigenvalue weighted by molar-refractivity contribution is 0.513. The number of hydrogen-bond acceptors (Lipinski definition) is 4. The molecule has 0 aliphatic rings. The highest BCUT2D eigenvalue weighted by atomic mass is 32.1. The molecule has 3 aromatic heterocycles. The van der Waals surface area contributed by atoms with E-state index < -0.39 is 0 Å². The Kier molecular flexibility index (Phi) is 4.19. The number of nitrogens with one attached hydrogen (secondary N) is 1. The van der Waals surface area contributed by atoms with Crippen molar-refractivity contribution in [1.82, 2.24) is 15.1 Å². The van der Waals surface area contributed by atoms with E-state index in [0.717, 1.165) is 19.4 Å². The first kappa shape index (κ1) is 13.8. The van der Waals surface area contributed by atoms with Crippen LogP contribution in [0.5, 0.6) is 0 Å². The van der Waals surface area contributed by atoms with Crippen LogP contribution in [0.25, 0.3) is 9.40 Å². The quantitative estimate of drug-likeness (QED) is 0.746. The van der Waals surface area contributed by atoms with Crippen LogP contribution in [-0.4, -0.2) is 16.3 Å². The molecule has 3 nitrogen and oxygen atoms in total. The van der Waals surface area contributed by atoms with Gasteiger partial charge in [0.1, 0.15) is 0 Å². The summed E-state index contributed by atoms with van der Waals surface area (Å²) in [5, 5.41) is 10.0. The average Bonchev–Trinajstić information content (AvgIpc) is 3.10. The van der Waals surface area contributed by atoms with E-state index in [-0.39, 0.29) is 0 Å². The summed E-state index contributed by atoms with van der Waals surface area (Å²) in [5.41, 5.74) is 1.30. The Morgan fingerprint density at radius 1 is 1.35 bits per heavy atom. The molecule has 0 spiro atoms. The molecule has 0 saturated carbocycles. The Morgan fingerprint density at radius 3 is 2.95 bits per heavy atom. The minimum absolute atomic E-state index is 0.444. The van der Waals surface area contributed by atoms with Crippen LogP contribution in [0.15, 0.2) is 29.8 Å². The summed E-state index contributed by atoms with van der Waals surface area (Å²) in [5.74, 6) is 0. The van der Waals surface area contributed by atoms with Crippen LogP contribution in [0.4, 0.5) is 0 Å². The molecule has 0 radical (unpaired) electrons. The fourth-order valence-corrected chi connectivity index (χ4v) is 4.72. The highest BCUT2D eigenvalue weighted by Crippen LogP contribution is 2.34. The third-order valence-corrected chi connectivity index (χ3v) is 5.77. The lowest BCUT2D eigenvalue weighted by Gasteiger charge is -2.16. The van der Waals surface area contributed by atoms with Crippen LogP contribution in [0.3, 0.4) is 0 Å². The topological polar surface area (TPSA) is 29.9 Å². The maximum atomic E-state index is 4.24. The van der Waals surface area contributed by atoms with E-state index in [1.165, 1.54) is 20.0 Å². The van der Waals surface area contributed by atoms with Gasteiger partial charge in [-0.3, -0.25) is 4.68 Å². The van der Waals surface area contributed by atoms with Gasteiger partial charge in [0.15, 0.2) is 0 Å². The number of nitrogens with zero attached hydrogens (tertiary/aromatic N) is 2. The molecule has 5 heteroatoms. The zero-order chi connectivity index (χ0) is 13.9. The Balaban J connectivity index is 1.75. The Hall–Kier alpha value is -1.17. The summed E-state index contributed by atoms with van der Waals surface area (Å²) >= 11 is 3.75. The van der Waals surface area contributed by atoms with Crippen molar-refractivity contribution in [3.05, 3.63) is 40.3 Å². The number of rotatable bonds is 6. The highest BCUT2D eigenvalue weighted by molar-refractivity contribution is 7.26. The molecule has 0 aliphatic heterocycles. The molecule has 106 valence electrons. The first-order valence-electron chi connectivity index (χ1n) is 6.95. The van der Waals surface area contributed by atoms with Gasteiger partial charge in [-0.25, -0.2) is 0 Å². The fourth-order valence-electron chi connectivity index (χ4n) is 2.49. The summed E-state index contributed by atoms with van der Waals surface area (Å²) in [7, 11) is 2.01. The van der Waals surface area contributed by atoms with Crippen LogP contribution in [0.2, 0.25) is 0 Å². The molecular formula is C15H19N3S2. The molecule has 0 amide bonds. The van der Waals surface area contributed by atoms with Crippen molar-refractivity contribution in [2.24, 2.45) is 7.05 Å². The van der Waals surface area contributed by atoms with E-state index in [1.54, 1.807) is 0 Å². The van der Waals surface area contributed by atoms with Gasteiger partial charge in [0.2, 0.25) is 0 Å². The number of aromatic nitrogens is 2. The second kappa shape index (κ2) is 6.08. The van der Waals surface area contributed by atoms with Gasteiger partial charge in [0, 0.05) is 39.3 Å². The third-order valence-electron chi connectivity index (χ3n) is 3.56.